The minimum Gasteiger partial charge on any atom is -0.369 e. The Morgan fingerprint density at radius 2 is 2.15 bits per heavy atom. The van der Waals surface area contributed by atoms with Crippen molar-refractivity contribution >= 4 is 35.8 Å². The van der Waals surface area contributed by atoms with Crippen LogP contribution in [0.4, 0.5) is 8.78 Å². The number of aliphatic imine (C=N–C) groups is 1. The molecule has 1 amide bonds. The summed E-state index contributed by atoms with van der Waals surface area (Å²) in [5.41, 5.74) is 5.64. The van der Waals surface area contributed by atoms with Crippen molar-refractivity contribution in [3.05, 3.63) is 35.4 Å². The maximum atomic E-state index is 13.6. The number of hydrogen-bond acceptors (Lipinski definition) is 3. The first-order valence-corrected chi connectivity index (χ1v) is 8.89. The molecule has 0 aromatic heterocycles. The first-order valence-electron chi connectivity index (χ1n) is 8.89. The third-order valence-electron chi connectivity index (χ3n) is 4.53. The number of carbonyl (C=O) groups is 1. The molecule has 2 rings (SSSR count). The largest absolute Gasteiger partial charge is 0.369 e. The average molecular weight is 495 g/mol. The topological polar surface area (TPSA) is 82.8 Å². The number of amides is 1. The van der Waals surface area contributed by atoms with Crippen LogP contribution in [0.2, 0.25) is 0 Å². The van der Waals surface area contributed by atoms with Gasteiger partial charge in [0.2, 0.25) is 5.91 Å². The number of nitrogens with one attached hydrogen (secondary N) is 2. The van der Waals surface area contributed by atoms with E-state index in [0.717, 1.165) is 51.0 Å². The van der Waals surface area contributed by atoms with E-state index in [1.54, 1.807) is 7.05 Å². The highest BCUT2D eigenvalue weighted by molar-refractivity contribution is 14.0. The Morgan fingerprint density at radius 3 is 2.85 bits per heavy atom. The van der Waals surface area contributed by atoms with Crippen molar-refractivity contribution in [2.45, 2.75) is 25.8 Å². The van der Waals surface area contributed by atoms with Crippen molar-refractivity contribution in [1.29, 1.82) is 0 Å². The van der Waals surface area contributed by atoms with Gasteiger partial charge in [0.05, 0.1) is 5.92 Å². The number of likely N-dealkylation sites (tertiary alicyclic amines) is 1. The highest BCUT2D eigenvalue weighted by Crippen LogP contribution is 2.15. The molecule has 4 N–H and O–H groups in total. The predicted octanol–water partition coefficient (Wildman–Crippen LogP) is 1.84. The second-order valence-electron chi connectivity index (χ2n) is 6.48. The van der Waals surface area contributed by atoms with E-state index in [0.29, 0.717) is 12.5 Å². The van der Waals surface area contributed by atoms with Crippen LogP contribution >= 0.6 is 24.0 Å². The molecule has 1 fully saturated rings. The zero-order valence-electron chi connectivity index (χ0n) is 15.5. The quantitative estimate of drug-likeness (QED) is 0.234. The zero-order valence-corrected chi connectivity index (χ0v) is 17.8. The van der Waals surface area contributed by atoms with Gasteiger partial charge in [0, 0.05) is 32.2 Å². The van der Waals surface area contributed by atoms with Gasteiger partial charge in [0.15, 0.2) is 5.96 Å². The van der Waals surface area contributed by atoms with Crippen molar-refractivity contribution in [3.8, 4) is 0 Å². The number of carbonyl (C=O) groups excluding carboxylic acids is 1. The summed E-state index contributed by atoms with van der Waals surface area (Å²) in [5, 5.41) is 6.12. The number of hydrogen-bond donors (Lipinski definition) is 3. The van der Waals surface area contributed by atoms with Crippen LogP contribution in [-0.4, -0.2) is 50.0 Å². The van der Waals surface area contributed by atoms with Crippen molar-refractivity contribution in [2.75, 3.05) is 33.2 Å². The molecule has 152 valence electrons. The van der Waals surface area contributed by atoms with Crippen LogP contribution in [0.5, 0.6) is 0 Å². The third kappa shape index (κ3) is 7.96. The highest BCUT2D eigenvalue weighted by atomic mass is 127. The van der Waals surface area contributed by atoms with Gasteiger partial charge in [0.25, 0.3) is 0 Å². The summed E-state index contributed by atoms with van der Waals surface area (Å²) in [6.07, 6.45) is 2.74. The van der Waals surface area contributed by atoms with E-state index in [-0.39, 0.29) is 47.9 Å². The Hall–Kier alpha value is -1.49. The molecule has 27 heavy (non-hydrogen) atoms. The second-order valence-corrected chi connectivity index (χ2v) is 6.48. The highest BCUT2D eigenvalue weighted by Gasteiger charge is 2.23. The van der Waals surface area contributed by atoms with Crippen LogP contribution < -0.4 is 16.4 Å². The summed E-state index contributed by atoms with van der Waals surface area (Å²) in [4.78, 5) is 17.6. The maximum Gasteiger partial charge on any atom is 0.221 e. The minimum atomic E-state index is -0.470. The third-order valence-corrected chi connectivity index (χ3v) is 4.53. The van der Waals surface area contributed by atoms with E-state index in [1.165, 1.54) is 6.07 Å². The number of nitrogens with zero attached hydrogens (tertiary/aromatic N) is 2. The fraction of sp³-hybridized carbons (Fsp3) is 0.556. The molecule has 1 unspecified atom stereocenters. The standard InChI is InChI=1S/C18H27F2N5O.HI/c1-22-18(24-11-14-10-15(19)5-6-16(14)20)23-7-3-9-25-8-2-4-13(12-25)17(21)26;/h5-6,10,13H,2-4,7-9,11-12H2,1H3,(H2,21,26)(H2,22,23,24);1H. The minimum absolute atomic E-state index is 0. The lowest BCUT2D eigenvalue weighted by molar-refractivity contribution is -0.123. The van der Waals surface area contributed by atoms with Gasteiger partial charge in [-0.25, -0.2) is 8.78 Å². The Kier molecular flexibility index (Phi) is 10.5. The summed E-state index contributed by atoms with van der Waals surface area (Å²) in [7, 11) is 1.62. The summed E-state index contributed by atoms with van der Waals surface area (Å²) in [6.45, 7) is 3.40. The monoisotopic (exact) mass is 495 g/mol. The average Bonchev–Trinajstić information content (AvgIpc) is 2.64. The molecule has 0 aliphatic carbocycles. The van der Waals surface area contributed by atoms with Crippen LogP contribution in [0.15, 0.2) is 23.2 Å². The van der Waals surface area contributed by atoms with Crippen molar-refractivity contribution in [1.82, 2.24) is 15.5 Å². The molecular weight excluding hydrogens is 467 g/mol. The van der Waals surface area contributed by atoms with Gasteiger partial charge in [-0.15, -0.1) is 24.0 Å². The van der Waals surface area contributed by atoms with E-state index in [4.69, 9.17) is 5.73 Å². The lowest BCUT2D eigenvalue weighted by Crippen LogP contribution is -2.42. The molecule has 9 heteroatoms. The fourth-order valence-electron chi connectivity index (χ4n) is 3.08. The van der Waals surface area contributed by atoms with Gasteiger partial charge in [-0.1, -0.05) is 0 Å². The first kappa shape index (κ1) is 23.5. The number of benzene rings is 1. The van der Waals surface area contributed by atoms with Gasteiger partial charge < -0.3 is 21.3 Å². The number of guanidine groups is 1. The molecule has 0 radical (unpaired) electrons. The predicted molar refractivity (Wildman–Crippen MR) is 113 cm³/mol. The van der Waals surface area contributed by atoms with Gasteiger partial charge >= 0.3 is 0 Å². The Bertz CT molecular complexity index is 644. The molecule has 1 aliphatic heterocycles. The van der Waals surface area contributed by atoms with E-state index >= 15 is 0 Å². The molecule has 1 aromatic rings. The normalized spacial score (nSPS) is 17.9. The van der Waals surface area contributed by atoms with Crippen molar-refractivity contribution in [2.24, 2.45) is 16.6 Å². The van der Waals surface area contributed by atoms with Gasteiger partial charge in [-0.2, -0.15) is 0 Å². The maximum absolute atomic E-state index is 13.6. The lowest BCUT2D eigenvalue weighted by Gasteiger charge is -2.31. The molecule has 1 aliphatic rings. The van der Waals surface area contributed by atoms with E-state index in [9.17, 15) is 13.6 Å². The fourth-order valence-corrected chi connectivity index (χ4v) is 3.08. The van der Waals surface area contributed by atoms with E-state index in [2.05, 4.69) is 20.5 Å². The van der Waals surface area contributed by atoms with Crippen LogP contribution in [0.25, 0.3) is 0 Å². The number of piperidine rings is 1. The van der Waals surface area contributed by atoms with Crippen LogP contribution in [0.1, 0.15) is 24.8 Å². The van der Waals surface area contributed by atoms with Gasteiger partial charge in [-0.05, 0) is 50.6 Å². The summed E-state index contributed by atoms with van der Waals surface area (Å²) >= 11 is 0. The van der Waals surface area contributed by atoms with E-state index in [1.807, 2.05) is 0 Å². The molecular formula is C18H28F2IN5O. The molecule has 0 spiro atoms. The molecule has 0 bridgehead atoms. The zero-order chi connectivity index (χ0) is 18.9. The first-order chi connectivity index (χ1) is 12.5. The molecule has 0 saturated carbocycles. The molecule has 1 atom stereocenters. The number of halogens is 3. The lowest BCUT2D eigenvalue weighted by atomic mass is 9.97. The second kappa shape index (κ2) is 12.1. The van der Waals surface area contributed by atoms with Crippen LogP contribution in [0.3, 0.4) is 0 Å². The molecule has 1 saturated heterocycles. The van der Waals surface area contributed by atoms with E-state index < -0.39 is 11.6 Å². The van der Waals surface area contributed by atoms with Crippen molar-refractivity contribution in [3.63, 3.8) is 0 Å². The van der Waals surface area contributed by atoms with Crippen LogP contribution in [0, 0.1) is 17.6 Å². The molecule has 6 nitrogen and oxygen atoms in total. The summed E-state index contributed by atoms with van der Waals surface area (Å²) in [6, 6.07) is 3.37. The summed E-state index contributed by atoms with van der Waals surface area (Å²) in [5.74, 6) is -0.665. The van der Waals surface area contributed by atoms with Gasteiger partial charge in [0.1, 0.15) is 11.6 Å². The van der Waals surface area contributed by atoms with Gasteiger partial charge in [-0.3, -0.25) is 9.79 Å². The number of primary amides is 1. The Morgan fingerprint density at radius 1 is 1.37 bits per heavy atom. The smallest absolute Gasteiger partial charge is 0.221 e. The number of rotatable bonds is 7. The summed E-state index contributed by atoms with van der Waals surface area (Å²) < 4.78 is 26.8. The van der Waals surface area contributed by atoms with Crippen LogP contribution in [-0.2, 0) is 11.3 Å². The number of nitrogens with two attached hydrogens (primary N) is 1. The molecule has 1 aromatic carbocycles. The SMILES string of the molecule is CN=C(NCCCN1CCCC(C(N)=O)C1)NCc1cc(F)ccc1F.I. The molecule has 1 heterocycles. The Balaban J connectivity index is 0.00000364. The Labute approximate surface area is 176 Å². The van der Waals surface area contributed by atoms with Crippen molar-refractivity contribution < 1.29 is 13.6 Å².